The molecule has 0 aliphatic carbocycles. The molecule has 0 unspecified atom stereocenters. The summed E-state index contributed by atoms with van der Waals surface area (Å²) in [5.74, 6) is -1.03. The first-order chi connectivity index (χ1) is 9.15. The number of amides is 1. The van der Waals surface area contributed by atoms with E-state index in [1.54, 1.807) is 29.5 Å². The summed E-state index contributed by atoms with van der Waals surface area (Å²) in [6, 6.07) is 10.4. The summed E-state index contributed by atoms with van der Waals surface area (Å²) in [6.07, 6.45) is 0.357. The number of thiophene rings is 1. The van der Waals surface area contributed by atoms with E-state index in [4.69, 9.17) is 5.11 Å². The van der Waals surface area contributed by atoms with E-state index < -0.39 is 5.97 Å². The molecular formula is C14H13NO3S. The third-order valence-electron chi connectivity index (χ3n) is 2.58. The maximum absolute atomic E-state index is 11.7. The molecule has 0 spiro atoms. The fourth-order valence-electron chi connectivity index (χ4n) is 1.65. The van der Waals surface area contributed by atoms with E-state index in [1.807, 2.05) is 17.5 Å². The number of hydrogen-bond acceptors (Lipinski definition) is 3. The molecule has 0 fully saturated rings. The molecule has 0 radical (unpaired) electrons. The second kappa shape index (κ2) is 6.15. The fraction of sp³-hybridized carbons (Fsp3) is 0.143. The molecule has 0 atom stereocenters. The van der Waals surface area contributed by atoms with Gasteiger partial charge in [0.1, 0.15) is 0 Å². The number of hydrogen-bond donors (Lipinski definition) is 2. The highest BCUT2D eigenvalue weighted by molar-refractivity contribution is 7.10. The van der Waals surface area contributed by atoms with Gasteiger partial charge in [0.25, 0.3) is 0 Å². The molecule has 0 aliphatic rings. The van der Waals surface area contributed by atoms with Crippen molar-refractivity contribution in [2.75, 3.05) is 0 Å². The highest BCUT2D eigenvalue weighted by Crippen LogP contribution is 2.09. The third-order valence-corrected chi connectivity index (χ3v) is 3.45. The van der Waals surface area contributed by atoms with Crippen LogP contribution in [-0.4, -0.2) is 17.0 Å². The van der Waals surface area contributed by atoms with E-state index in [0.717, 1.165) is 10.4 Å². The summed E-state index contributed by atoms with van der Waals surface area (Å²) in [5, 5.41) is 13.6. The van der Waals surface area contributed by atoms with Crippen LogP contribution in [0.1, 0.15) is 20.8 Å². The molecule has 2 N–H and O–H groups in total. The molecule has 19 heavy (non-hydrogen) atoms. The van der Waals surface area contributed by atoms with Gasteiger partial charge in [-0.25, -0.2) is 4.79 Å². The average molecular weight is 275 g/mol. The summed E-state index contributed by atoms with van der Waals surface area (Å²) >= 11 is 1.54. The van der Waals surface area contributed by atoms with Crippen LogP contribution in [0.5, 0.6) is 0 Å². The summed E-state index contributed by atoms with van der Waals surface area (Å²) < 4.78 is 0. The molecule has 2 rings (SSSR count). The van der Waals surface area contributed by atoms with Crippen molar-refractivity contribution in [3.05, 3.63) is 57.8 Å². The van der Waals surface area contributed by atoms with E-state index in [9.17, 15) is 9.59 Å². The zero-order valence-corrected chi connectivity index (χ0v) is 10.9. The highest BCUT2D eigenvalue weighted by Gasteiger charge is 2.06. The number of rotatable bonds is 5. The zero-order chi connectivity index (χ0) is 13.7. The maximum atomic E-state index is 11.7. The van der Waals surface area contributed by atoms with Gasteiger partial charge >= 0.3 is 5.97 Å². The van der Waals surface area contributed by atoms with Crippen LogP contribution in [0.15, 0.2) is 41.8 Å². The van der Waals surface area contributed by atoms with Crippen LogP contribution in [0.2, 0.25) is 0 Å². The Balaban J connectivity index is 1.89. The second-order valence-electron chi connectivity index (χ2n) is 4.04. The van der Waals surface area contributed by atoms with Gasteiger partial charge in [0.15, 0.2) is 0 Å². The predicted octanol–water partition coefficient (Wildman–Crippen LogP) is 2.31. The number of carboxylic acid groups (broad SMARTS) is 1. The van der Waals surface area contributed by atoms with Crippen LogP contribution in [-0.2, 0) is 17.8 Å². The van der Waals surface area contributed by atoms with Crippen molar-refractivity contribution in [3.63, 3.8) is 0 Å². The van der Waals surface area contributed by atoms with Crippen molar-refractivity contribution in [3.8, 4) is 0 Å². The molecule has 0 saturated heterocycles. The fourth-order valence-corrected chi connectivity index (χ4v) is 2.35. The first-order valence-electron chi connectivity index (χ1n) is 5.76. The molecule has 2 aromatic rings. The third kappa shape index (κ3) is 3.93. The van der Waals surface area contributed by atoms with E-state index in [2.05, 4.69) is 5.32 Å². The van der Waals surface area contributed by atoms with Crippen molar-refractivity contribution in [1.29, 1.82) is 0 Å². The monoisotopic (exact) mass is 275 g/mol. The van der Waals surface area contributed by atoms with Crippen LogP contribution in [0, 0.1) is 0 Å². The van der Waals surface area contributed by atoms with Crippen LogP contribution < -0.4 is 5.32 Å². The molecule has 0 aliphatic heterocycles. The minimum atomic E-state index is -0.966. The second-order valence-corrected chi connectivity index (χ2v) is 5.07. The van der Waals surface area contributed by atoms with Crippen LogP contribution in [0.4, 0.5) is 0 Å². The molecule has 4 nitrogen and oxygen atoms in total. The zero-order valence-electron chi connectivity index (χ0n) is 10.1. The lowest BCUT2D eigenvalue weighted by atomic mass is 10.1. The largest absolute Gasteiger partial charge is 0.478 e. The van der Waals surface area contributed by atoms with Crippen LogP contribution in [0.3, 0.4) is 0 Å². The van der Waals surface area contributed by atoms with Crippen molar-refractivity contribution >= 4 is 23.2 Å². The van der Waals surface area contributed by atoms with E-state index >= 15 is 0 Å². The van der Waals surface area contributed by atoms with Gasteiger partial charge in [-0.05, 0) is 29.1 Å². The predicted molar refractivity (Wildman–Crippen MR) is 73.3 cm³/mol. The van der Waals surface area contributed by atoms with Crippen molar-refractivity contribution in [1.82, 2.24) is 5.32 Å². The van der Waals surface area contributed by atoms with Gasteiger partial charge < -0.3 is 10.4 Å². The Hall–Kier alpha value is -2.14. The molecule has 98 valence electrons. The number of aromatic carboxylic acids is 1. The Morgan fingerprint density at radius 2 is 2.05 bits per heavy atom. The lowest BCUT2D eigenvalue weighted by molar-refractivity contribution is -0.120. The average Bonchev–Trinajstić information content (AvgIpc) is 2.89. The molecule has 1 aromatic heterocycles. The molecule has 0 saturated carbocycles. The van der Waals surface area contributed by atoms with E-state index in [-0.39, 0.29) is 11.5 Å². The maximum Gasteiger partial charge on any atom is 0.335 e. The van der Waals surface area contributed by atoms with Gasteiger partial charge in [0.2, 0.25) is 5.91 Å². The van der Waals surface area contributed by atoms with E-state index in [0.29, 0.717) is 13.0 Å². The Morgan fingerprint density at radius 1 is 1.21 bits per heavy atom. The highest BCUT2D eigenvalue weighted by atomic mass is 32.1. The Bertz CT molecular complexity index is 578. The first kappa shape index (κ1) is 13.3. The summed E-state index contributed by atoms with van der Waals surface area (Å²) in [5.41, 5.74) is 1.00. The van der Waals surface area contributed by atoms with Gasteiger partial charge in [0, 0.05) is 11.4 Å². The molecule has 5 heteroatoms. The molecule has 1 aromatic carbocycles. The number of carbonyl (C=O) groups excluding carboxylic acids is 1. The van der Waals surface area contributed by atoms with Gasteiger partial charge in [-0.15, -0.1) is 11.3 Å². The minimum absolute atomic E-state index is 0.0665. The molecule has 1 heterocycles. The van der Waals surface area contributed by atoms with Crippen molar-refractivity contribution < 1.29 is 14.7 Å². The molecule has 0 bridgehead atoms. The number of nitrogens with one attached hydrogen (secondary N) is 1. The first-order valence-corrected chi connectivity index (χ1v) is 6.64. The Morgan fingerprint density at radius 3 is 2.74 bits per heavy atom. The molecular weight excluding hydrogens is 262 g/mol. The topological polar surface area (TPSA) is 66.4 Å². The number of carbonyl (C=O) groups is 2. The van der Waals surface area contributed by atoms with Crippen molar-refractivity contribution in [2.24, 2.45) is 0 Å². The van der Waals surface area contributed by atoms with Gasteiger partial charge in [-0.2, -0.15) is 0 Å². The Labute approximate surface area is 114 Å². The Kier molecular flexibility index (Phi) is 4.30. The minimum Gasteiger partial charge on any atom is -0.478 e. The van der Waals surface area contributed by atoms with Crippen molar-refractivity contribution in [2.45, 2.75) is 13.0 Å². The lowest BCUT2D eigenvalue weighted by Crippen LogP contribution is -2.24. The van der Waals surface area contributed by atoms with Crippen LogP contribution in [0.25, 0.3) is 0 Å². The number of carboxylic acids is 1. The van der Waals surface area contributed by atoms with Gasteiger partial charge in [-0.1, -0.05) is 18.2 Å². The SMILES string of the molecule is O=C(Cc1cccs1)NCc1cccc(C(=O)O)c1. The summed E-state index contributed by atoms with van der Waals surface area (Å²) in [7, 11) is 0. The summed E-state index contributed by atoms with van der Waals surface area (Å²) in [4.78, 5) is 23.5. The van der Waals surface area contributed by atoms with Gasteiger partial charge in [0.05, 0.1) is 12.0 Å². The quantitative estimate of drug-likeness (QED) is 0.880. The molecule has 1 amide bonds. The lowest BCUT2D eigenvalue weighted by Gasteiger charge is -2.05. The summed E-state index contributed by atoms with van der Waals surface area (Å²) in [6.45, 7) is 0.339. The van der Waals surface area contributed by atoms with Gasteiger partial charge in [-0.3, -0.25) is 4.79 Å². The standard InChI is InChI=1S/C14H13NO3S/c16-13(8-12-5-2-6-19-12)15-9-10-3-1-4-11(7-10)14(17)18/h1-7H,8-9H2,(H,15,16)(H,17,18). The van der Waals surface area contributed by atoms with E-state index in [1.165, 1.54) is 6.07 Å². The number of benzene rings is 1. The smallest absolute Gasteiger partial charge is 0.335 e. The normalized spacial score (nSPS) is 10.1. The van der Waals surface area contributed by atoms with Crippen LogP contribution >= 0.6 is 11.3 Å².